The van der Waals surface area contributed by atoms with Crippen LogP contribution in [0.5, 0.6) is 0 Å². The van der Waals surface area contributed by atoms with E-state index >= 15 is 0 Å². The van der Waals surface area contributed by atoms with Crippen LogP contribution >= 0.6 is 0 Å². The number of hydrogen-bond donors (Lipinski definition) is 2. The number of ether oxygens (including phenoxy) is 1. The van der Waals surface area contributed by atoms with Gasteiger partial charge in [0.2, 0.25) is 11.8 Å². The van der Waals surface area contributed by atoms with Crippen molar-refractivity contribution in [3.63, 3.8) is 0 Å². The molecular formula is C28H47N3O4. The summed E-state index contributed by atoms with van der Waals surface area (Å²) in [5, 5.41) is 5.80. The molecule has 0 aliphatic carbocycles. The summed E-state index contributed by atoms with van der Waals surface area (Å²) in [6.07, 6.45) is 2.31. The highest BCUT2D eigenvalue weighted by Crippen LogP contribution is 2.26. The number of amides is 3. The van der Waals surface area contributed by atoms with Crippen LogP contribution in [-0.2, 0) is 14.3 Å². The summed E-state index contributed by atoms with van der Waals surface area (Å²) < 4.78 is 5.43. The predicted molar refractivity (Wildman–Crippen MR) is 141 cm³/mol. The van der Waals surface area contributed by atoms with Gasteiger partial charge in [-0.2, -0.15) is 0 Å². The Hall–Kier alpha value is -2.57. The van der Waals surface area contributed by atoms with Crippen molar-refractivity contribution in [2.45, 2.75) is 106 Å². The third-order valence-electron chi connectivity index (χ3n) is 5.39. The molecule has 0 saturated heterocycles. The summed E-state index contributed by atoms with van der Waals surface area (Å²) in [6, 6.07) is 4.39. The van der Waals surface area contributed by atoms with Crippen molar-refractivity contribution in [3.8, 4) is 0 Å². The summed E-state index contributed by atoms with van der Waals surface area (Å²) in [5.74, 6) is -0.326. The van der Waals surface area contributed by atoms with Crippen molar-refractivity contribution in [2.75, 3.05) is 13.1 Å². The monoisotopic (exact) mass is 489 g/mol. The molecule has 0 saturated carbocycles. The fraction of sp³-hybridized carbons (Fsp3) is 0.679. The number of rotatable bonds is 12. The summed E-state index contributed by atoms with van der Waals surface area (Å²) in [7, 11) is 0. The molecule has 0 radical (unpaired) electrons. The van der Waals surface area contributed by atoms with Crippen LogP contribution < -0.4 is 10.6 Å². The molecule has 7 nitrogen and oxygen atoms in total. The molecule has 0 spiro atoms. The van der Waals surface area contributed by atoms with Gasteiger partial charge in [-0.3, -0.25) is 9.59 Å². The lowest BCUT2D eigenvalue weighted by Crippen LogP contribution is -2.53. The number of nitrogens with zero attached hydrogens (tertiary/aromatic N) is 1. The first-order chi connectivity index (χ1) is 16.3. The molecule has 35 heavy (non-hydrogen) atoms. The molecule has 0 bridgehead atoms. The Kier molecular flexibility index (Phi) is 12.3. The topological polar surface area (TPSA) is 87.7 Å². The second kappa shape index (κ2) is 14.1. The number of carbonyl (C=O) groups excluding carboxylic acids is 3. The predicted octanol–water partition coefficient (Wildman–Crippen LogP) is 5.44. The quantitative estimate of drug-likeness (QED) is 0.383. The largest absolute Gasteiger partial charge is 0.444 e. The van der Waals surface area contributed by atoms with Crippen molar-refractivity contribution >= 4 is 17.9 Å². The van der Waals surface area contributed by atoms with Crippen LogP contribution in [0.3, 0.4) is 0 Å². The van der Waals surface area contributed by atoms with Crippen LogP contribution in [-0.4, -0.2) is 47.5 Å². The maximum atomic E-state index is 14.0. The van der Waals surface area contributed by atoms with E-state index in [1.54, 1.807) is 25.7 Å². The van der Waals surface area contributed by atoms with Gasteiger partial charge in [0.05, 0.1) is 0 Å². The Morgan fingerprint density at radius 1 is 1.00 bits per heavy atom. The van der Waals surface area contributed by atoms with Gasteiger partial charge < -0.3 is 20.3 Å². The van der Waals surface area contributed by atoms with E-state index in [0.29, 0.717) is 25.9 Å². The number of carbonyl (C=O) groups is 3. The molecule has 3 amide bonds. The molecule has 0 aromatic heterocycles. The minimum Gasteiger partial charge on any atom is -0.444 e. The van der Waals surface area contributed by atoms with Crippen molar-refractivity contribution in [1.29, 1.82) is 0 Å². The van der Waals surface area contributed by atoms with Gasteiger partial charge in [-0.1, -0.05) is 63.4 Å². The second-order valence-electron chi connectivity index (χ2n) is 10.8. The first-order valence-corrected chi connectivity index (χ1v) is 12.9. The van der Waals surface area contributed by atoms with Crippen LogP contribution in [0.15, 0.2) is 18.2 Å². The molecule has 1 rings (SSSR count). The Labute approximate surface area is 212 Å². The minimum atomic E-state index is -0.798. The zero-order valence-electron chi connectivity index (χ0n) is 23.3. The molecule has 198 valence electrons. The lowest BCUT2D eigenvalue weighted by molar-refractivity contribution is -0.142. The maximum absolute atomic E-state index is 14.0. The highest BCUT2D eigenvalue weighted by Gasteiger charge is 2.36. The van der Waals surface area contributed by atoms with Gasteiger partial charge in [-0.15, -0.1) is 0 Å². The van der Waals surface area contributed by atoms with E-state index in [4.69, 9.17) is 4.74 Å². The Bertz CT molecular complexity index is 825. The van der Waals surface area contributed by atoms with Crippen molar-refractivity contribution in [1.82, 2.24) is 15.5 Å². The zero-order chi connectivity index (χ0) is 26.8. The number of alkyl carbamates (subject to hydrolysis) is 1. The number of nitrogens with one attached hydrogen (secondary N) is 2. The summed E-state index contributed by atoms with van der Waals surface area (Å²) in [6.45, 7) is 18.3. The van der Waals surface area contributed by atoms with E-state index in [9.17, 15) is 14.4 Å². The summed E-state index contributed by atoms with van der Waals surface area (Å²) in [5.41, 5.74) is 2.15. The van der Waals surface area contributed by atoms with Gasteiger partial charge in [-0.25, -0.2) is 4.79 Å². The normalized spacial score (nSPS) is 13.2. The molecule has 2 atom stereocenters. The van der Waals surface area contributed by atoms with Crippen LogP contribution in [0.4, 0.5) is 4.79 Å². The summed E-state index contributed by atoms with van der Waals surface area (Å²) in [4.78, 5) is 41.7. The van der Waals surface area contributed by atoms with Crippen LogP contribution in [0, 0.1) is 19.8 Å². The van der Waals surface area contributed by atoms with Crippen LogP contribution in [0.25, 0.3) is 0 Å². The zero-order valence-corrected chi connectivity index (χ0v) is 23.3. The first-order valence-electron chi connectivity index (χ1n) is 12.9. The van der Waals surface area contributed by atoms with E-state index in [2.05, 4.69) is 17.6 Å². The van der Waals surface area contributed by atoms with Crippen molar-refractivity contribution < 1.29 is 19.1 Å². The smallest absolute Gasteiger partial charge is 0.408 e. The lowest BCUT2D eigenvalue weighted by atomic mass is 9.96. The van der Waals surface area contributed by atoms with Gasteiger partial charge in [0, 0.05) is 13.1 Å². The fourth-order valence-corrected chi connectivity index (χ4v) is 4.08. The van der Waals surface area contributed by atoms with Crippen molar-refractivity contribution in [3.05, 3.63) is 34.9 Å². The first kappa shape index (κ1) is 30.5. The summed E-state index contributed by atoms with van der Waals surface area (Å²) >= 11 is 0. The highest BCUT2D eigenvalue weighted by atomic mass is 16.6. The Morgan fingerprint density at radius 3 is 2.09 bits per heavy atom. The average Bonchev–Trinajstić information content (AvgIpc) is 2.70. The van der Waals surface area contributed by atoms with Gasteiger partial charge in [0.1, 0.15) is 17.7 Å². The van der Waals surface area contributed by atoms with E-state index in [1.807, 2.05) is 52.8 Å². The van der Waals surface area contributed by atoms with Crippen LogP contribution in [0.1, 0.15) is 96.9 Å². The molecule has 0 aliphatic rings. The highest BCUT2D eigenvalue weighted by molar-refractivity contribution is 5.92. The number of unbranched alkanes of at least 4 members (excludes halogenated alkanes) is 1. The van der Waals surface area contributed by atoms with Gasteiger partial charge in [0.15, 0.2) is 0 Å². The molecular weight excluding hydrogens is 442 g/mol. The van der Waals surface area contributed by atoms with Gasteiger partial charge in [-0.05, 0) is 65.4 Å². The number of hydrogen-bond acceptors (Lipinski definition) is 4. The van der Waals surface area contributed by atoms with Crippen molar-refractivity contribution in [2.24, 2.45) is 5.92 Å². The second-order valence-corrected chi connectivity index (χ2v) is 10.8. The standard InChI is InChI=1S/C28H47N3O4/c1-10-12-13-29-25(32)24(22-17-20(5)16-21(6)18-22)31(14-11-2)26(33)23(15-19(3)4)30-27(34)35-28(7,8)9/h16-19,23-24H,10-15H2,1-9H3,(H,29,32)(H,30,34). The third-order valence-corrected chi connectivity index (χ3v) is 5.39. The lowest BCUT2D eigenvalue weighted by Gasteiger charge is -2.35. The molecule has 7 heteroatoms. The molecule has 2 unspecified atom stereocenters. The van der Waals surface area contributed by atoms with E-state index < -0.39 is 23.8 Å². The van der Waals surface area contributed by atoms with E-state index in [1.165, 1.54) is 0 Å². The molecule has 0 aliphatic heterocycles. The molecule has 1 aromatic carbocycles. The SMILES string of the molecule is CCCCNC(=O)C(c1cc(C)cc(C)c1)N(CCC)C(=O)C(CC(C)C)NC(=O)OC(C)(C)C. The molecule has 0 fully saturated rings. The average molecular weight is 490 g/mol. The van der Waals surface area contributed by atoms with Gasteiger partial charge >= 0.3 is 6.09 Å². The number of benzene rings is 1. The maximum Gasteiger partial charge on any atom is 0.408 e. The van der Waals surface area contributed by atoms with Crippen LogP contribution in [0.2, 0.25) is 0 Å². The fourth-order valence-electron chi connectivity index (χ4n) is 4.08. The Morgan fingerprint density at radius 2 is 1.60 bits per heavy atom. The van der Waals surface area contributed by atoms with Gasteiger partial charge in [0.25, 0.3) is 0 Å². The minimum absolute atomic E-state index is 0.153. The third kappa shape index (κ3) is 10.7. The molecule has 1 aromatic rings. The van der Waals surface area contributed by atoms with E-state index in [0.717, 1.165) is 29.5 Å². The Balaban J connectivity index is 3.44. The molecule has 2 N–H and O–H groups in total. The number of aryl methyl sites for hydroxylation is 2. The van der Waals surface area contributed by atoms with E-state index in [-0.39, 0.29) is 17.7 Å². The molecule has 0 heterocycles.